The Morgan fingerprint density at radius 3 is 2.25 bits per heavy atom. The Hall–Kier alpha value is -2.31. The van der Waals surface area contributed by atoms with Crippen molar-refractivity contribution in [3.05, 3.63) is 54.0 Å². The molecule has 2 heterocycles. The van der Waals surface area contributed by atoms with Gasteiger partial charge in [-0.25, -0.2) is 14.2 Å². The van der Waals surface area contributed by atoms with Crippen molar-refractivity contribution in [3.63, 3.8) is 0 Å². The van der Waals surface area contributed by atoms with E-state index >= 15 is 0 Å². The molecule has 1 saturated carbocycles. The fourth-order valence-electron chi connectivity index (χ4n) is 8.90. The molecule has 9 nitrogen and oxygen atoms in total. The lowest BCUT2D eigenvalue weighted by atomic mass is 10.0. The number of quaternary nitrogens is 1. The molecule has 2 aliphatic rings. The van der Waals surface area contributed by atoms with Crippen LogP contribution in [0.4, 0.5) is 5.82 Å². The van der Waals surface area contributed by atoms with Gasteiger partial charge in [-0.2, -0.15) is 8.42 Å². The number of fused-ring (bicyclic) bond motifs is 2. The SMILES string of the molecule is CCCC[N+](CCCC)(CCCC)C(CCC)OS(=O)(=O)CC[C@@H]1C[C@@H](n2ccc3c(N[C@H]4CCc5ccccc54)ncnc32)C[C@@H]1O[Si](C)(C)C(C)(C)C. The van der Waals surface area contributed by atoms with Gasteiger partial charge in [-0.1, -0.05) is 92.0 Å². The van der Waals surface area contributed by atoms with Crippen LogP contribution in [0.1, 0.15) is 149 Å². The van der Waals surface area contributed by atoms with Crippen LogP contribution in [0.25, 0.3) is 11.0 Å². The third kappa shape index (κ3) is 10.6. The third-order valence-corrected chi connectivity index (χ3v) is 19.0. The molecular formula is C44H74N5O4SSi+. The second-order valence-corrected chi connectivity index (χ2v) is 24.7. The molecule has 0 saturated heterocycles. The van der Waals surface area contributed by atoms with E-state index in [2.05, 4.69) is 108 Å². The average molecular weight is 797 g/mol. The van der Waals surface area contributed by atoms with Crippen LogP contribution >= 0.6 is 0 Å². The Labute approximate surface area is 335 Å². The first kappa shape index (κ1) is 43.8. The largest absolute Gasteiger partial charge is 0.414 e. The first-order valence-corrected chi connectivity index (χ1v) is 26.3. The van der Waals surface area contributed by atoms with Crippen molar-refractivity contribution in [2.24, 2.45) is 5.92 Å². The molecule has 0 spiro atoms. The third-order valence-electron chi connectivity index (χ3n) is 13.2. The van der Waals surface area contributed by atoms with Crippen LogP contribution in [0.15, 0.2) is 42.9 Å². The number of benzene rings is 1. The molecule has 55 heavy (non-hydrogen) atoms. The average Bonchev–Trinajstić information content (AvgIpc) is 3.87. The summed E-state index contributed by atoms with van der Waals surface area (Å²) in [6.07, 6.45) is 16.0. The van der Waals surface area contributed by atoms with E-state index in [9.17, 15) is 8.42 Å². The maximum atomic E-state index is 14.1. The molecule has 5 rings (SSSR count). The zero-order valence-electron chi connectivity index (χ0n) is 35.8. The van der Waals surface area contributed by atoms with Gasteiger partial charge in [0.25, 0.3) is 10.1 Å². The minimum Gasteiger partial charge on any atom is -0.414 e. The lowest BCUT2D eigenvalue weighted by Gasteiger charge is -2.44. The van der Waals surface area contributed by atoms with Crippen LogP contribution in [0.3, 0.4) is 0 Å². The van der Waals surface area contributed by atoms with E-state index in [0.717, 1.165) is 118 Å². The predicted octanol–water partition coefficient (Wildman–Crippen LogP) is 11.0. The molecule has 1 aromatic carbocycles. The molecule has 0 bridgehead atoms. The van der Waals surface area contributed by atoms with Gasteiger partial charge in [0.05, 0.1) is 36.8 Å². The number of rotatable bonds is 22. The van der Waals surface area contributed by atoms with Crippen molar-refractivity contribution < 1.29 is 21.5 Å². The number of hydrogen-bond acceptors (Lipinski definition) is 7. The Balaban J connectivity index is 1.37. The number of aromatic nitrogens is 3. The monoisotopic (exact) mass is 797 g/mol. The summed E-state index contributed by atoms with van der Waals surface area (Å²) in [6.45, 7) is 23.2. The van der Waals surface area contributed by atoms with E-state index < -0.39 is 18.4 Å². The molecular weight excluding hydrogens is 723 g/mol. The second kappa shape index (κ2) is 19.0. The highest BCUT2D eigenvalue weighted by Crippen LogP contribution is 2.46. The van der Waals surface area contributed by atoms with E-state index in [4.69, 9.17) is 18.6 Å². The van der Waals surface area contributed by atoms with E-state index in [1.54, 1.807) is 6.33 Å². The van der Waals surface area contributed by atoms with Crippen molar-refractivity contribution in [2.75, 3.05) is 30.7 Å². The molecule has 0 amide bonds. The molecule has 11 heteroatoms. The predicted molar refractivity (Wildman–Crippen MR) is 230 cm³/mol. The summed E-state index contributed by atoms with van der Waals surface area (Å²) in [5.41, 5.74) is 3.67. The van der Waals surface area contributed by atoms with E-state index in [1.165, 1.54) is 11.1 Å². The lowest BCUT2D eigenvalue weighted by Crippen LogP contribution is -2.58. The Bertz CT molecular complexity index is 1750. The smallest absolute Gasteiger partial charge is 0.272 e. The van der Waals surface area contributed by atoms with Gasteiger partial charge in [0.15, 0.2) is 8.32 Å². The van der Waals surface area contributed by atoms with Crippen molar-refractivity contribution in [1.29, 1.82) is 0 Å². The van der Waals surface area contributed by atoms with Gasteiger partial charge in [-0.15, -0.1) is 0 Å². The topological polar surface area (TPSA) is 95.3 Å². The number of anilines is 1. The van der Waals surface area contributed by atoms with Gasteiger partial charge >= 0.3 is 0 Å². The van der Waals surface area contributed by atoms with Crippen LogP contribution in [0.5, 0.6) is 0 Å². The fourth-order valence-corrected chi connectivity index (χ4v) is 11.6. The zero-order chi connectivity index (χ0) is 39.9. The minimum atomic E-state index is -3.78. The van der Waals surface area contributed by atoms with Gasteiger partial charge in [-0.05, 0) is 99.0 Å². The summed E-state index contributed by atoms with van der Waals surface area (Å²) in [6, 6.07) is 11.2. The van der Waals surface area contributed by atoms with Crippen LogP contribution in [-0.2, 0) is 25.1 Å². The van der Waals surface area contributed by atoms with Crippen LogP contribution in [0, 0.1) is 5.92 Å². The van der Waals surface area contributed by atoms with E-state index in [1.807, 2.05) is 0 Å². The van der Waals surface area contributed by atoms with Gasteiger partial charge in [-0.3, -0.25) is 4.48 Å². The summed E-state index contributed by atoms with van der Waals surface area (Å²) in [5.74, 6) is 0.974. The van der Waals surface area contributed by atoms with Gasteiger partial charge in [0, 0.05) is 24.8 Å². The summed E-state index contributed by atoms with van der Waals surface area (Å²) in [4.78, 5) is 9.52. The van der Waals surface area contributed by atoms with Crippen molar-refractivity contribution in [3.8, 4) is 0 Å². The van der Waals surface area contributed by atoms with Crippen molar-refractivity contribution in [2.45, 2.75) is 174 Å². The summed E-state index contributed by atoms with van der Waals surface area (Å²) >= 11 is 0. The highest BCUT2D eigenvalue weighted by molar-refractivity contribution is 7.86. The molecule has 308 valence electrons. The number of nitrogens with one attached hydrogen (secondary N) is 1. The Morgan fingerprint density at radius 1 is 0.945 bits per heavy atom. The molecule has 2 aliphatic carbocycles. The molecule has 1 fully saturated rings. The van der Waals surface area contributed by atoms with Crippen molar-refractivity contribution >= 4 is 35.3 Å². The number of unbranched alkanes of at least 4 members (excludes halogenated alkanes) is 3. The Morgan fingerprint density at radius 2 is 1.62 bits per heavy atom. The number of hydrogen-bond donors (Lipinski definition) is 1. The normalized spacial score (nSPS) is 21.3. The molecule has 5 atom stereocenters. The summed E-state index contributed by atoms with van der Waals surface area (Å²) in [7, 11) is -5.93. The first-order valence-electron chi connectivity index (χ1n) is 21.8. The van der Waals surface area contributed by atoms with Crippen molar-refractivity contribution in [1.82, 2.24) is 14.5 Å². The van der Waals surface area contributed by atoms with Gasteiger partial charge in [0.2, 0.25) is 6.23 Å². The van der Waals surface area contributed by atoms with Crippen LogP contribution in [-0.4, -0.2) is 73.5 Å². The zero-order valence-corrected chi connectivity index (χ0v) is 37.6. The van der Waals surface area contributed by atoms with E-state index in [0.29, 0.717) is 6.42 Å². The highest BCUT2D eigenvalue weighted by atomic mass is 32.2. The lowest BCUT2D eigenvalue weighted by molar-refractivity contribution is -0.969. The maximum Gasteiger partial charge on any atom is 0.272 e. The van der Waals surface area contributed by atoms with Crippen LogP contribution < -0.4 is 5.32 Å². The number of aryl methyl sites for hydroxylation is 1. The maximum absolute atomic E-state index is 14.1. The standard InChI is InChI=1S/C44H74N5O4SSi/c1-10-14-27-49(28-15-11-2,29-16-12-3)41(19-13-4)52-54(50,51)30-25-35-31-36(32-40(35)53-55(8,9)44(5,6)7)48-26-24-38-42(45-33-46-43(38)48)47-39-23-22-34-20-17-18-21-37(34)39/h17-18,20-21,24,26,33,35-36,39-41H,10-16,19,22-23,25,27-32H2,1-9H3,(H,45,46,47)/q+1/t35-,36-,39+,40+,41?/m1/s1. The molecule has 0 aliphatic heterocycles. The van der Waals surface area contributed by atoms with E-state index in [-0.39, 0.29) is 41.1 Å². The second-order valence-electron chi connectivity index (χ2n) is 18.3. The first-order chi connectivity index (χ1) is 26.2. The van der Waals surface area contributed by atoms with Crippen LogP contribution in [0.2, 0.25) is 18.1 Å². The molecule has 1 N–H and O–H groups in total. The minimum absolute atomic E-state index is 0.0167. The quantitative estimate of drug-likeness (QED) is 0.0468. The molecule has 0 radical (unpaired) electrons. The highest BCUT2D eigenvalue weighted by Gasteiger charge is 2.45. The molecule has 2 aromatic heterocycles. The van der Waals surface area contributed by atoms with Gasteiger partial charge in [0.1, 0.15) is 17.8 Å². The summed E-state index contributed by atoms with van der Waals surface area (Å²) in [5, 5.41) is 4.81. The molecule has 1 unspecified atom stereocenters. The summed E-state index contributed by atoms with van der Waals surface area (Å²) < 4.78 is 44.9. The Kier molecular flexibility index (Phi) is 15.1. The number of nitrogens with zero attached hydrogens (tertiary/aromatic N) is 4. The van der Waals surface area contributed by atoms with Gasteiger partial charge < -0.3 is 14.3 Å². The molecule has 3 aromatic rings. The fraction of sp³-hybridized carbons (Fsp3) is 0.727.